The van der Waals surface area contributed by atoms with Crippen molar-refractivity contribution in [3.63, 3.8) is 0 Å². The Morgan fingerprint density at radius 3 is 2.48 bits per heavy atom. The zero-order valence-corrected chi connectivity index (χ0v) is 14.7. The van der Waals surface area contributed by atoms with Gasteiger partial charge in [-0.1, -0.05) is 24.3 Å². The molecule has 0 unspecified atom stereocenters. The summed E-state index contributed by atoms with van der Waals surface area (Å²) < 4.78 is 0. The first-order valence-electron chi connectivity index (χ1n) is 7.84. The van der Waals surface area contributed by atoms with Crippen LogP contribution in [0.15, 0.2) is 42.7 Å². The van der Waals surface area contributed by atoms with Gasteiger partial charge in [0, 0.05) is 39.8 Å². The molecule has 0 spiro atoms. The summed E-state index contributed by atoms with van der Waals surface area (Å²) in [5.41, 5.74) is 0.912. The number of hydrogen-bond donors (Lipinski definition) is 1. The van der Waals surface area contributed by atoms with Crippen molar-refractivity contribution >= 4 is 34.1 Å². The Labute approximate surface area is 146 Å². The average molecular weight is 336 g/mol. The number of amides is 1. The zero-order chi connectivity index (χ0) is 18.0. The molecule has 0 aliphatic rings. The van der Waals surface area contributed by atoms with Gasteiger partial charge in [0.15, 0.2) is 5.82 Å². The highest BCUT2D eigenvalue weighted by Gasteiger charge is 2.16. The van der Waals surface area contributed by atoms with Crippen molar-refractivity contribution in [3.8, 4) is 0 Å². The normalized spacial score (nSPS) is 10.6. The Hall–Kier alpha value is -3.22. The maximum atomic E-state index is 12.8. The second-order valence-electron chi connectivity index (χ2n) is 6.03. The molecule has 0 bridgehead atoms. The van der Waals surface area contributed by atoms with Crippen LogP contribution in [0.3, 0.4) is 0 Å². The molecule has 0 fully saturated rings. The first-order valence-corrected chi connectivity index (χ1v) is 7.84. The molecule has 3 aromatic rings. The van der Waals surface area contributed by atoms with Gasteiger partial charge in [-0.25, -0.2) is 4.98 Å². The topological polar surface area (TPSA) is 74.2 Å². The number of aromatic nitrogens is 3. The van der Waals surface area contributed by atoms with Gasteiger partial charge in [0.1, 0.15) is 11.4 Å². The Morgan fingerprint density at radius 1 is 1.00 bits per heavy atom. The van der Waals surface area contributed by atoms with Crippen LogP contribution in [0.1, 0.15) is 10.5 Å². The van der Waals surface area contributed by atoms with E-state index in [4.69, 9.17) is 0 Å². The molecule has 25 heavy (non-hydrogen) atoms. The second-order valence-corrected chi connectivity index (χ2v) is 6.03. The summed E-state index contributed by atoms with van der Waals surface area (Å²) >= 11 is 0. The van der Waals surface area contributed by atoms with Crippen LogP contribution >= 0.6 is 0 Å². The van der Waals surface area contributed by atoms with Gasteiger partial charge in [0.2, 0.25) is 5.95 Å². The van der Waals surface area contributed by atoms with Crippen LogP contribution in [0.5, 0.6) is 0 Å². The monoisotopic (exact) mass is 336 g/mol. The second kappa shape index (κ2) is 6.72. The fraction of sp³-hybridized carbons (Fsp3) is 0.222. The van der Waals surface area contributed by atoms with E-state index in [0.29, 0.717) is 23.1 Å². The molecule has 0 radical (unpaired) electrons. The predicted molar refractivity (Wildman–Crippen MR) is 100 cm³/mol. The van der Waals surface area contributed by atoms with E-state index in [1.807, 2.05) is 68.3 Å². The third-order valence-corrected chi connectivity index (χ3v) is 3.72. The van der Waals surface area contributed by atoms with Gasteiger partial charge < -0.3 is 15.1 Å². The van der Waals surface area contributed by atoms with Crippen molar-refractivity contribution < 1.29 is 4.79 Å². The molecule has 7 nitrogen and oxygen atoms in total. The molecule has 1 aromatic carbocycles. The molecule has 7 heteroatoms. The highest BCUT2D eigenvalue weighted by Crippen LogP contribution is 2.24. The molecule has 128 valence electrons. The standard InChI is InChI=1S/C18H20N6O/c1-23(2)16-14(11-20-18(22-16)24(3)4)21-17(25)15-13-8-6-5-7-12(13)9-10-19-15/h5-11H,1-4H3,(H,21,25). The quantitative estimate of drug-likeness (QED) is 0.789. The summed E-state index contributed by atoms with van der Waals surface area (Å²) in [4.78, 5) is 29.4. The lowest BCUT2D eigenvalue weighted by molar-refractivity contribution is 0.102. The Bertz CT molecular complexity index is 917. The SMILES string of the molecule is CN(C)c1ncc(NC(=O)c2nccc3ccccc23)c(N(C)C)n1. The van der Waals surface area contributed by atoms with E-state index in [1.165, 1.54) is 0 Å². The number of pyridine rings is 1. The van der Waals surface area contributed by atoms with E-state index in [9.17, 15) is 4.79 Å². The summed E-state index contributed by atoms with van der Waals surface area (Å²) in [5, 5.41) is 4.65. The third kappa shape index (κ3) is 3.35. The van der Waals surface area contributed by atoms with Crippen molar-refractivity contribution in [2.24, 2.45) is 0 Å². The van der Waals surface area contributed by atoms with Crippen molar-refractivity contribution in [3.05, 3.63) is 48.4 Å². The maximum absolute atomic E-state index is 12.8. The first-order chi connectivity index (χ1) is 12.0. The van der Waals surface area contributed by atoms with E-state index in [-0.39, 0.29) is 5.91 Å². The Morgan fingerprint density at radius 2 is 1.76 bits per heavy atom. The van der Waals surface area contributed by atoms with Crippen molar-refractivity contribution in [1.29, 1.82) is 0 Å². The minimum absolute atomic E-state index is 0.291. The van der Waals surface area contributed by atoms with Gasteiger partial charge in [-0.2, -0.15) is 4.98 Å². The number of rotatable bonds is 4. The Kier molecular flexibility index (Phi) is 4.47. The average Bonchev–Trinajstić information content (AvgIpc) is 2.61. The summed E-state index contributed by atoms with van der Waals surface area (Å²) in [7, 11) is 7.47. The van der Waals surface area contributed by atoms with E-state index in [2.05, 4.69) is 20.3 Å². The van der Waals surface area contributed by atoms with E-state index >= 15 is 0 Å². The number of fused-ring (bicyclic) bond motifs is 1. The van der Waals surface area contributed by atoms with Crippen LogP contribution in [0.2, 0.25) is 0 Å². The van der Waals surface area contributed by atoms with E-state index in [1.54, 1.807) is 12.4 Å². The van der Waals surface area contributed by atoms with Crippen LogP contribution in [-0.4, -0.2) is 49.0 Å². The first kappa shape index (κ1) is 16.6. The molecule has 0 saturated carbocycles. The van der Waals surface area contributed by atoms with Crippen LogP contribution in [0, 0.1) is 0 Å². The summed E-state index contributed by atoms with van der Waals surface area (Å²) in [5.74, 6) is 0.915. The number of anilines is 3. The lowest BCUT2D eigenvalue weighted by Gasteiger charge is -2.19. The van der Waals surface area contributed by atoms with Crippen LogP contribution in [0.25, 0.3) is 10.8 Å². The van der Waals surface area contributed by atoms with Crippen molar-refractivity contribution in [2.45, 2.75) is 0 Å². The number of nitrogens with one attached hydrogen (secondary N) is 1. The minimum Gasteiger partial charge on any atom is -0.361 e. The lowest BCUT2D eigenvalue weighted by atomic mass is 10.1. The van der Waals surface area contributed by atoms with Gasteiger partial charge in [-0.05, 0) is 11.5 Å². The number of nitrogens with zero attached hydrogens (tertiary/aromatic N) is 5. The lowest BCUT2D eigenvalue weighted by Crippen LogP contribution is -2.21. The van der Waals surface area contributed by atoms with Gasteiger partial charge in [0.05, 0.1) is 6.20 Å². The van der Waals surface area contributed by atoms with E-state index in [0.717, 1.165) is 10.8 Å². The number of carbonyl (C=O) groups excluding carboxylic acids is 1. The molecular weight excluding hydrogens is 316 g/mol. The largest absolute Gasteiger partial charge is 0.361 e. The molecule has 1 N–H and O–H groups in total. The third-order valence-electron chi connectivity index (χ3n) is 3.72. The summed E-state index contributed by atoms with van der Waals surface area (Å²) in [6.07, 6.45) is 3.25. The molecule has 1 amide bonds. The van der Waals surface area contributed by atoms with Crippen molar-refractivity contribution in [1.82, 2.24) is 15.0 Å². The minimum atomic E-state index is -0.291. The summed E-state index contributed by atoms with van der Waals surface area (Å²) in [6.45, 7) is 0. The summed E-state index contributed by atoms with van der Waals surface area (Å²) in [6, 6.07) is 9.54. The predicted octanol–water partition coefficient (Wildman–Crippen LogP) is 2.41. The van der Waals surface area contributed by atoms with Crippen LogP contribution < -0.4 is 15.1 Å². The van der Waals surface area contributed by atoms with Gasteiger partial charge in [-0.3, -0.25) is 9.78 Å². The Balaban J connectivity index is 1.97. The van der Waals surface area contributed by atoms with Crippen LogP contribution in [0.4, 0.5) is 17.5 Å². The molecule has 0 aliphatic carbocycles. The highest BCUT2D eigenvalue weighted by molar-refractivity contribution is 6.12. The van der Waals surface area contributed by atoms with Gasteiger partial charge in [-0.15, -0.1) is 0 Å². The molecule has 2 heterocycles. The van der Waals surface area contributed by atoms with Crippen molar-refractivity contribution in [2.75, 3.05) is 43.3 Å². The fourth-order valence-electron chi connectivity index (χ4n) is 2.49. The molecule has 0 aliphatic heterocycles. The molecule has 2 aromatic heterocycles. The number of hydrogen-bond acceptors (Lipinski definition) is 6. The molecule has 3 rings (SSSR count). The fourth-order valence-corrected chi connectivity index (χ4v) is 2.49. The number of carbonyl (C=O) groups is 1. The smallest absolute Gasteiger partial charge is 0.275 e. The zero-order valence-electron chi connectivity index (χ0n) is 14.7. The molecular formula is C18H20N6O. The van der Waals surface area contributed by atoms with E-state index < -0.39 is 0 Å². The van der Waals surface area contributed by atoms with Gasteiger partial charge >= 0.3 is 0 Å². The molecule has 0 atom stereocenters. The molecule has 0 saturated heterocycles. The van der Waals surface area contributed by atoms with Gasteiger partial charge in [0.25, 0.3) is 5.91 Å². The van der Waals surface area contributed by atoms with Crippen LogP contribution in [-0.2, 0) is 0 Å². The number of benzene rings is 1. The highest BCUT2D eigenvalue weighted by atomic mass is 16.1. The maximum Gasteiger partial charge on any atom is 0.275 e.